The summed E-state index contributed by atoms with van der Waals surface area (Å²) < 4.78 is 0.987. The highest BCUT2D eigenvalue weighted by Gasteiger charge is 2.55. The molecule has 0 bridgehead atoms. The molecule has 1 fully saturated rings. The largest absolute Gasteiger partial charge is 0.630 e. The van der Waals surface area contributed by atoms with E-state index in [9.17, 15) is 9.59 Å². The number of carbonyl (C=O) groups is 2. The Morgan fingerprint density at radius 1 is 0.778 bits per heavy atom. The first-order valence-electron chi connectivity index (χ1n) is 12.0. The Kier molecular flexibility index (Phi) is 7.12. The second kappa shape index (κ2) is 10.6. The Bertz CT molecular complexity index is 1290. The highest BCUT2D eigenvalue weighted by molar-refractivity contribution is 9.10. The predicted molar refractivity (Wildman–Crippen MR) is 144 cm³/mol. The van der Waals surface area contributed by atoms with Gasteiger partial charge < -0.3 is 0 Å². The zero-order valence-corrected chi connectivity index (χ0v) is 21.4. The maximum Gasteiger partial charge on any atom is 0.630 e. The fraction of sp³-hybridized carbons (Fsp3) is 0.161. The van der Waals surface area contributed by atoms with E-state index < -0.39 is 5.97 Å². The Morgan fingerprint density at radius 2 is 1.28 bits per heavy atom. The van der Waals surface area contributed by atoms with Crippen LogP contribution < -0.4 is 5.48 Å². The molecule has 5 heteroatoms. The molecule has 0 aromatic heterocycles. The van der Waals surface area contributed by atoms with E-state index >= 15 is 0 Å². The van der Waals surface area contributed by atoms with Gasteiger partial charge in [0, 0.05) is 27.8 Å². The van der Waals surface area contributed by atoms with E-state index in [1.54, 1.807) is 24.3 Å². The SMILES string of the molecule is C[C@H](NOC(=[O+])c1ccc(C(=O)C2[C@@H](c3ccccc3)[C@H]2c2ccccc2)cc1)c1ccc(Br)cc1. The molecule has 179 valence electrons. The smallest absolute Gasteiger partial charge is 0.294 e. The van der Waals surface area contributed by atoms with E-state index in [0.29, 0.717) is 11.1 Å². The molecule has 4 aromatic rings. The average Bonchev–Trinajstić information content (AvgIpc) is 3.68. The van der Waals surface area contributed by atoms with Gasteiger partial charge in [0.15, 0.2) is 5.78 Å². The molecule has 1 aliphatic rings. The van der Waals surface area contributed by atoms with Crippen LogP contribution >= 0.6 is 15.9 Å². The Hall–Kier alpha value is -3.54. The topological polar surface area (TPSA) is 58.2 Å². The fourth-order valence-electron chi connectivity index (χ4n) is 4.80. The van der Waals surface area contributed by atoms with Crippen molar-refractivity contribution < 1.29 is 14.4 Å². The third-order valence-corrected chi connectivity index (χ3v) is 7.32. The second-order valence-electron chi connectivity index (χ2n) is 9.12. The van der Waals surface area contributed by atoms with Crippen LogP contribution in [0.15, 0.2) is 114 Å². The van der Waals surface area contributed by atoms with Gasteiger partial charge in [0.05, 0.1) is 10.8 Å². The van der Waals surface area contributed by atoms with E-state index in [1.165, 1.54) is 11.1 Å². The normalized spacial score (nSPS) is 19.3. The number of hydroxylamine groups is 1. The molecule has 1 radical (unpaired) electrons. The molecule has 1 saturated carbocycles. The maximum atomic E-state index is 13.5. The van der Waals surface area contributed by atoms with Gasteiger partial charge in [-0.25, -0.2) is 0 Å². The molecule has 4 aromatic carbocycles. The summed E-state index contributed by atoms with van der Waals surface area (Å²) in [5, 5.41) is 0. The number of ketones is 1. The number of hydrogen-bond acceptors (Lipinski definition) is 4. The first-order valence-corrected chi connectivity index (χ1v) is 12.8. The number of benzene rings is 4. The molecule has 1 N–H and O–H groups in total. The Morgan fingerprint density at radius 3 is 1.81 bits per heavy atom. The quantitative estimate of drug-likeness (QED) is 0.145. The zero-order valence-electron chi connectivity index (χ0n) is 19.8. The molecule has 5 rings (SSSR count). The van der Waals surface area contributed by atoms with Crippen molar-refractivity contribution in [3.63, 3.8) is 0 Å². The van der Waals surface area contributed by atoms with Crippen molar-refractivity contribution in [2.24, 2.45) is 5.92 Å². The van der Waals surface area contributed by atoms with Crippen LogP contribution in [0.2, 0.25) is 0 Å². The van der Waals surface area contributed by atoms with Crippen molar-refractivity contribution in [3.8, 4) is 0 Å². The summed E-state index contributed by atoms with van der Waals surface area (Å²) in [4.78, 5) is 31.4. The number of rotatable bonds is 8. The molecule has 1 aliphatic carbocycles. The van der Waals surface area contributed by atoms with Crippen molar-refractivity contribution in [3.05, 3.63) is 141 Å². The number of hydrogen-bond donors (Lipinski definition) is 1. The van der Waals surface area contributed by atoms with Crippen LogP contribution in [0.3, 0.4) is 0 Å². The van der Waals surface area contributed by atoms with E-state index in [4.69, 9.17) is 4.84 Å². The van der Waals surface area contributed by atoms with Gasteiger partial charge in [-0.3, -0.25) is 4.79 Å². The number of nitrogens with one attached hydrogen (secondary N) is 1. The van der Waals surface area contributed by atoms with Crippen LogP contribution in [0.5, 0.6) is 0 Å². The van der Waals surface area contributed by atoms with Crippen molar-refractivity contribution in [1.29, 1.82) is 0 Å². The molecular weight excluding hydrogens is 514 g/mol. The Labute approximate surface area is 219 Å². The molecule has 0 spiro atoms. The highest BCUT2D eigenvalue weighted by atomic mass is 79.9. The summed E-state index contributed by atoms with van der Waals surface area (Å²) in [6, 6.07) is 34.8. The van der Waals surface area contributed by atoms with E-state index in [1.807, 2.05) is 67.6 Å². The summed E-state index contributed by atoms with van der Waals surface area (Å²) in [7, 11) is 0. The first kappa shape index (κ1) is 24.2. The first-order chi connectivity index (χ1) is 17.5. The summed E-state index contributed by atoms with van der Waals surface area (Å²) in [5.41, 5.74) is 7.14. The monoisotopic (exact) mass is 539 g/mol. The van der Waals surface area contributed by atoms with Gasteiger partial charge in [-0.05, 0) is 53.4 Å². The lowest BCUT2D eigenvalue weighted by molar-refractivity contribution is 0.0169. The summed E-state index contributed by atoms with van der Waals surface area (Å²) in [5.74, 6) is -0.223. The van der Waals surface area contributed by atoms with Crippen molar-refractivity contribution >= 4 is 27.7 Å². The molecule has 4 atom stereocenters. The lowest BCUT2D eigenvalue weighted by Gasteiger charge is -2.08. The molecule has 0 saturated heterocycles. The fourth-order valence-corrected chi connectivity index (χ4v) is 5.06. The van der Waals surface area contributed by atoms with Gasteiger partial charge in [-0.1, -0.05) is 101 Å². The Balaban J connectivity index is 1.26. The molecule has 0 aliphatic heterocycles. The third-order valence-electron chi connectivity index (χ3n) is 6.80. The summed E-state index contributed by atoms with van der Waals surface area (Å²) in [6.45, 7) is 1.92. The van der Waals surface area contributed by atoms with Crippen LogP contribution in [0.25, 0.3) is 0 Å². The van der Waals surface area contributed by atoms with E-state index in [0.717, 1.165) is 10.0 Å². The lowest BCUT2D eigenvalue weighted by atomic mass is 10.0. The molecular formula is C31H26BrNO3+. The number of halogens is 1. The summed E-state index contributed by atoms with van der Waals surface area (Å²) >= 11 is 3.42. The molecule has 4 nitrogen and oxygen atoms in total. The van der Waals surface area contributed by atoms with Crippen LogP contribution in [0, 0.1) is 5.92 Å². The van der Waals surface area contributed by atoms with Crippen LogP contribution in [-0.2, 0) is 4.84 Å². The molecule has 1 unspecified atom stereocenters. The minimum Gasteiger partial charge on any atom is -0.294 e. The lowest BCUT2D eigenvalue weighted by Crippen LogP contribution is -2.23. The van der Waals surface area contributed by atoms with Crippen LogP contribution in [-0.4, -0.2) is 11.8 Å². The predicted octanol–water partition coefficient (Wildman–Crippen LogP) is 7.25. The van der Waals surface area contributed by atoms with Gasteiger partial charge in [-0.2, -0.15) is 4.84 Å². The zero-order chi connectivity index (χ0) is 25.1. The second-order valence-corrected chi connectivity index (χ2v) is 10.0. The third kappa shape index (κ3) is 5.18. The number of Topliss-reactive ketones (excluding diaryl/α,β-unsaturated/α-hetero) is 1. The van der Waals surface area contributed by atoms with Gasteiger partial charge in [-0.15, -0.1) is 0 Å². The summed E-state index contributed by atoms with van der Waals surface area (Å²) in [6.07, 6.45) is 0. The highest BCUT2D eigenvalue weighted by Crippen LogP contribution is 2.61. The standard InChI is InChI=1S/C31H26BrNO3/c1-20(21-16-18-26(32)19-17-21)33-36-31(35)25-14-12-24(13-15-25)30(34)29-27(22-8-4-2-5-9-22)28(29)23-10-6-3-7-11-23/h2-20,27-29,33H,1H3/q+1/t20-,27-,28+,29?/m0/s1. The van der Waals surface area contributed by atoms with Crippen molar-refractivity contribution in [2.45, 2.75) is 24.8 Å². The van der Waals surface area contributed by atoms with Gasteiger partial charge in [0.2, 0.25) is 0 Å². The van der Waals surface area contributed by atoms with Gasteiger partial charge in [0.1, 0.15) is 5.56 Å². The molecule has 0 heterocycles. The van der Waals surface area contributed by atoms with E-state index in [2.05, 4.69) is 45.7 Å². The van der Waals surface area contributed by atoms with Crippen LogP contribution in [0.1, 0.15) is 62.2 Å². The number of carbonyl (C=O) groups excluding carboxylic acids is 2. The van der Waals surface area contributed by atoms with Gasteiger partial charge in [0.25, 0.3) is 0 Å². The molecule has 36 heavy (non-hydrogen) atoms. The van der Waals surface area contributed by atoms with Gasteiger partial charge >= 0.3 is 5.97 Å². The van der Waals surface area contributed by atoms with E-state index in [-0.39, 0.29) is 29.6 Å². The average molecular weight is 540 g/mol. The maximum absolute atomic E-state index is 13.5. The van der Waals surface area contributed by atoms with Crippen molar-refractivity contribution in [1.82, 2.24) is 5.48 Å². The minimum absolute atomic E-state index is 0.0969. The van der Waals surface area contributed by atoms with Crippen molar-refractivity contribution in [2.75, 3.05) is 0 Å². The molecule has 0 amide bonds. The minimum atomic E-state index is -0.492. The van der Waals surface area contributed by atoms with Crippen LogP contribution in [0.4, 0.5) is 0 Å².